The Balaban J connectivity index is 1.66. The van der Waals surface area contributed by atoms with E-state index < -0.39 is 5.91 Å². The fourth-order valence-corrected chi connectivity index (χ4v) is 3.03. The van der Waals surface area contributed by atoms with Gasteiger partial charge in [0, 0.05) is 17.2 Å². The lowest BCUT2D eigenvalue weighted by Gasteiger charge is -2.24. The number of benzene rings is 2. The first-order chi connectivity index (χ1) is 12.1. The highest BCUT2D eigenvalue weighted by Crippen LogP contribution is 2.29. The SMILES string of the molecule is NC(=O)c1cccc2[nH]c(-c3cccc(NC(=O)C4CCC4)c3)nc12. The number of nitrogens with one attached hydrogen (secondary N) is 2. The predicted octanol–water partition coefficient (Wildman–Crippen LogP) is 3.07. The van der Waals surface area contributed by atoms with Crippen molar-refractivity contribution in [3.63, 3.8) is 0 Å². The highest BCUT2D eigenvalue weighted by molar-refractivity contribution is 6.04. The van der Waals surface area contributed by atoms with Gasteiger partial charge in [-0.05, 0) is 37.1 Å². The molecule has 1 heterocycles. The van der Waals surface area contributed by atoms with E-state index in [2.05, 4.69) is 15.3 Å². The Bertz CT molecular complexity index is 972. The molecule has 0 atom stereocenters. The molecule has 3 aromatic rings. The topological polar surface area (TPSA) is 101 Å². The fourth-order valence-electron chi connectivity index (χ4n) is 3.03. The molecule has 1 fully saturated rings. The molecule has 0 radical (unpaired) electrons. The van der Waals surface area contributed by atoms with E-state index in [0.29, 0.717) is 16.9 Å². The lowest BCUT2D eigenvalue weighted by molar-refractivity contribution is -0.122. The van der Waals surface area contributed by atoms with E-state index in [1.54, 1.807) is 12.1 Å². The van der Waals surface area contributed by atoms with Gasteiger partial charge in [-0.3, -0.25) is 9.59 Å². The van der Waals surface area contributed by atoms with Crippen LogP contribution in [0.3, 0.4) is 0 Å². The van der Waals surface area contributed by atoms with E-state index >= 15 is 0 Å². The van der Waals surface area contributed by atoms with Crippen molar-refractivity contribution >= 4 is 28.5 Å². The average molecular weight is 334 g/mol. The summed E-state index contributed by atoms with van der Waals surface area (Å²) in [4.78, 5) is 31.4. The number of rotatable bonds is 4. The minimum atomic E-state index is -0.509. The van der Waals surface area contributed by atoms with Gasteiger partial charge in [-0.1, -0.05) is 24.6 Å². The van der Waals surface area contributed by atoms with Crippen LogP contribution in [0, 0.1) is 5.92 Å². The van der Waals surface area contributed by atoms with Gasteiger partial charge < -0.3 is 16.0 Å². The third-order valence-electron chi connectivity index (χ3n) is 4.66. The Morgan fingerprint density at radius 2 is 1.96 bits per heavy atom. The summed E-state index contributed by atoms with van der Waals surface area (Å²) in [5.74, 6) is 0.325. The standard InChI is InChI=1S/C19H18N4O2/c20-17(24)14-8-3-9-15-16(14)23-18(22-15)12-6-2-7-13(10-12)21-19(25)11-4-1-5-11/h2-3,6-11H,1,4-5H2,(H2,20,24)(H,21,25)(H,22,23). The molecule has 6 heteroatoms. The number of para-hydroxylation sites is 1. The number of aromatic nitrogens is 2. The lowest BCUT2D eigenvalue weighted by atomic mass is 9.85. The number of hydrogen-bond donors (Lipinski definition) is 3. The molecule has 1 aromatic heterocycles. The minimum absolute atomic E-state index is 0.0732. The number of nitrogens with zero attached hydrogens (tertiary/aromatic N) is 1. The number of aromatic amines is 1. The Hall–Kier alpha value is -3.15. The van der Waals surface area contributed by atoms with E-state index in [-0.39, 0.29) is 11.8 Å². The zero-order chi connectivity index (χ0) is 17.4. The molecule has 0 bridgehead atoms. The van der Waals surface area contributed by atoms with Gasteiger partial charge in [-0.2, -0.15) is 0 Å². The van der Waals surface area contributed by atoms with Crippen molar-refractivity contribution in [2.45, 2.75) is 19.3 Å². The number of fused-ring (bicyclic) bond motifs is 1. The fraction of sp³-hybridized carbons (Fsp3) is 0.211. The van der Waals surface area contributed by atoms with E-state index in [0.717, 1.165) is 36.0 Å². The van der Waals surface area contributed by atoms with Crippen molar-refractivity contribution in [2.75, 3.05) is 5.32 Å². The molecule has 0 saturated heterocycles. The van der Waals surface area contributed by atoms with E-state index in [4.69, 9.17) is 5.73 Å². The monoisotopic (exact) mass is 334 g/mol. The van der Waals surface area contributed by atoms with Gasteiger partial charge in [0.25, 0.3) is 5.91 Å². The van der Waals surface area contributed by atoms with Crippen LogP contribution in [-0.2, 0) is 4.79 Å². The molecule has 0 aliphatic heterocycles. The van der Waals surface area contributed by atoms with Gasteiger partial charge in [-0.25, -0.2) is 4.98 Å². The smallest absolute Gasteiger partial charge is 0.250 e. The van der Waals surface area contributed by atoms with Gasteiger partial charge >= 0.3 is 0 Å². The molecule has 0 spiro atoms. The first-order valence-electron chi connectivity index (χ1n) is 8.31. The number of hydrogen-bond acceptors (Lipinski definition) is 3. The molecule has 25 heavy (non-hydrogen) atoms. The quantitative estimate of drug-likeness (QED) is 0.683. The molecule has 1 saturated carbocycles. The van der Waals surface area contributed by atoms with Crippen LogP contribution in [0.25, 0.3) is 22.4 Å². The molecular formula is C19H18N4O2. The number of carbonyl (C=O) groups is 2. The second-order valence-electron chi connectivity index (χ2n) is 6.35. The van der Waals surface area contributed by atoms with Crippen LogP contribution >= 0.6 is 0 Å². The number of nitrogens with two attached hydrogens (primary N) is 1. The number of imidazole rings is 1. The molecule has 6 nitrogen and oxygen atoms in total. The van der Waals surface area contributed by atoms with Gasteiger partial charge in [-0.15, -0.1) is 0 Å². The molecular weight excluding hydrogens is 316 g/mol. The maximum Gasteiger partial charge on any atom is 0.250 e. The molecule has 126 valence electrons. The lowest BCUT2D eigenvalue weighted by Crippen LogP contribution is -2.27. The summed E-state index contributed by atoms with van der Waals surface area (Å²) in [6.07, 6.45) is 3.05. The highest BCUT2D eigenvalue weighted by Gasteiger charge is 2.25. The van der Waals surface area contributed by atoms with E-state index in [9.17, 15) is 9.59 Å². The molecule has 2 amide bonds. The zero-order valence-corrected chi connectivity index (χ0v) is 13.6. The maximum absolute atomic E-state index is 12.1. The summed E-state index contributed by atoms with van der Waals surface area (Å²) in [6.45, 7) is 0. The van der Waals surface area contributed by atoms with Crippen LogP contribution in [0.2, 0.25) is 0 Å². The van der Waals surface area contributed by atoms with Crippen molar-refractivity contribution in [2.24, 2.45) is 11.7 Å². The first kappa shape index (κ1) is 15.4. The Kier molecular flexibility index (Phi) is 3.72. The van der Waals surface area contributed by atoms with Crippen LogP contribution in [0.15, 0.2) is 42.5 Å². The number of amides is 2. The molecule has 4 N–H and O–H groups in total. The molecule has 1 aliphatic carbocycles. The van der Waals surface area contributed by atoms with Gasteiger partial charge in [0.2, 0.25) is 5.91 Å². The molecule has 4 rings (SSSR count). The van der Waals surface area contributed by atoms with E-state index in [1.165, 1.54) is 0 Å². The largest absolute Gasteiger partial charge is 0.366 e. The van der Waals surface area contributed by atoms with Crippen molar-refractivity contribution < 1.29 is 9.59 Å². The van der Waals surface area contributed by atoms with Crippen molar-refractivity contribution in [3.05, 3.63) is 48.0 Å². The van der Waals surface area contributed by atoms with Gasteiger partial charge in [0.05, 0.1) is 11.1 Å². The number of primary amides is 1. The number of H-pyrrole nitrogens is 1. The van der Waals surface area contributed by atoms with Crippen LogP contribution < -0.4 is 11.1 Å². The molecule has 0 unspecified atom stereocenters. The molecule has 2 aromatic carbocycles. The Morgan fingerprint density at radius 3 is 2.68 bits per heavy atom. The average Bonchev–Trinajstić information content (AvgIpc) is 2.97. The number of carbonyl (C=O) groups excluding carboxylic acids is 2. The summed E-state index contributed by atoms with van der Waals surface area (Å²) < 4.78 is 0. The van der Waals surface area contributed by atoms with Crippen LogP contribution in [0.4, 0.5) is 5.69 Å². The van der Waals surface area contributed by atoms with E-state index in [1.807, 2.05) is 30.3 Å². The van der Waals surface area contributed by atoms with Crippen molar-refractivity contribution in [1.82, 2.24) is 9.97 Å². The summed E-state index contributed by atoms with van der Waals surface area (Å²) in [7, 11) is 0. The second kappa shape index (κ2) is 6.05. The number of anilines is 1. The predicted molar refractivity (Wildman–Crippen MR) is 96.0 cm³/mol. The van der Waals surface area contributed by atoms with Crippen LogP contribution in [0.1, 0.15) is 29.6 Å². The Morgan fingerprint density at radius 1 is 1.16 bits per heavy atom. The van der Waals surface area contributed by atoms with Crippen molar-refractivity contribution in [1.29, 1.82) is 0 Å². The van der Waals surface area contributed by atoms with Crippen LogP contribution in [-0.4, -0.2) is 21.8 Å². The first-order valence-corrected chi connectivity index (χ1v) is 8.31. The summed E-state index contributed by atoms with van der Waals surface area (Å²) in [5.41, 5.74) is 8.66. The van der Waals surface area contributed by atoms with Crippen molar-refractivity contribution in [3.8, 4) is 11.4 Å². The second-order valence-corrected chi connectivity index (χ2v) is 6.35. The highest BCUT2D eigenvalue weighted by atomic mass is 16.2. The summed E-state index contributed by atoms with van der Waals surface area (Å²) >= 11 is 0. The normalized spacial score (nSPS) is 14.2. The van der Waals surface area contributed by atoms with Crippen LogP contribution in [0.5, 0.6) is 0 Å². The Labute approximate surface area is 144 Å². The summed E-state index contributed by atoms with van der Waals surface area (Å²) in [6, 6.07) is 12.8. The third-order valence-corrected chi connectivity index (χ3v) is 4.66. The summed E-state index contributed by atoms with van der Waals surface area (Å²) in [5, 5.41) is 2.96. The maximum atomic E-state index is 12.1. The third kappa shape index (κ3) is 2.87. The zero-order valence-electron chi connectivity index (χ0n) is 13.6. The van der Waals surface area contributed by atoms with Gasteiger partial charge in [0.1, 0.15) is 11.3 Å². The molecule has 1 aliphatic rings. The minimum Gasteiger partial charge on any atom is -0.366 e. The van der Waals surface area contributed by atoms with Gasteiger partial charge in [0.15, 0.2) is 0 Å².